The normalized spacial score (nSPS) is 21.5. The number of hydrogen-bond donors (Lipinski definition) is 2. The Morgan fingerprint density at radius 1 is 1.38 bits per heavy atom. The maximum absolute atomic E-state index is 12.3. The molecule has 7 heteroatoms. The number of carbonyl (C=O) groups is 2. The lowest BCUT2D eigenvalue weighted by Gasteiger charge is -2.31. The van der Waals surface area contributed by atoms with Crippen LogP contribution in [-0.2, 0) is 4.79 Å². The second-order valence-corrected chi connectivity index (χ2v) is 6.80. The van der Waals surface area contributed by atoms with Gasteiger partial charge in [0, 0.05) is 31.7 Å². The first-order valence-electron chi connectivity index (χ1n) is 8.68. The number of nitrogens with two attached hydrogens (primary N) is 1. The van der Waals surface area contributed by atoms with Crippen molar-refractivity contribution in [2.45, 2.75) is 38.5 Å². The largest absolute Gasteiger partial charge is 0.369 e. The zero-order chi connectivity index (χ0) is 17.1. The molecule has 0 bridgehead atoms. The van der Waals surface area contributed by atoms with Gasteiger partial charge in [0.1, 0.15) is 5.82 Å². The first kappa shape index (κ1) is 16.8. The molecule has 2 fully saturated rings. The topological polar surface area (TPSA) is 101 Å². The Morgan fingerprint density at radius 2 is 2.17 bits per heavy atom. The van der Waals surface area contributed by atoms with E-state index in [4.69, 9.17) is 5.73 Å². The van der Waals surface area contributed by atoms with Crippen LogP contribution in [0.3, 0.4) is 0 Å². The second-order valence-electron chi connectivity index (χ2n) is 6.80. The summed E-state index contributed by atoms with van der Waals surface area (Å²) in [6.07, 6.45) is 5.76. The zero-order valence-electron chi connectivity index (χ0n) is 14.1. The molecule has 2 heterocycles. The summed E-state index contributed by atoms with van der Waals surface area (Å²) in [5.74, 6) is 0.901. The molecule has 1 aromatic heterocycles. The van der Waals surface area contributed by atoms with E-state index in [0.29, 0.717) is 24.6 Å². The van der Waals surface area contributed by atoms with Crippen molar-refractivity contribution in [3.05, 3.63) is 23.3 Å². The lowest BCUT2D eigenvalue weighted by molar-refractivity contribution is -0.123. The number of aryl methyl sites for hydroxylation is 1. The van der Waals surface area contributed by atoms with E-state index in [1.807, 2.05) is 6.92 Å². The molecular formula is C17H25N5O2. The Morgan fingerprint density at radius 3 is 2.83 bits per heavy atom. The van der Waals surface area contributed by atoms with Gasteiger partial charge in [0.25, 0.3) is 5.91 Å². The van der Waals surface area contributed by atoms with Gasteiger partial charge in [-0.2, -0.15) is 0 Å². The highest BCUT2D eigenvalue weighted by atomic mass is 16.2. The summed E-state index contributed by atoms with van der Waals surface area (Å²) in [5.41, 5.74) is 6.66. The molecule has 1 atom stereocenters. The first-order valence-corrected chi connectivity index (χ1v) is 8.68. The van der Waals surface area contributed by atoms with Crippen LogP contribution >= 0.6 is 0 Å². The van der Waals surface area contributed by atoms with Crippen LogP contribution in [0.15, 0.2) is 6.20 Å². The molecule has 7 nitrogen and oxygen atoms in total. The van der Waals surface area contributed by atoms with Crippen molar-refractivity contribution in [2.75, 3.05) is 26.2 Å². The highest BCUT2D eigenvalue weighted by molar-refractivity contribution is 5.94. The average Bonchev–Trinajstić information content (AvgIpc) is 3.39. The fourth-order valence-electron chi connectivity index (χ4n) is 3.16. The Bertz CT molecular complexity index is 629. The molecule has 2 aliphatic rings. The van der Waals surface area contributed by atoms with E-state index in [0.717, 1.165) is 50.3 Å². The zero-order valence-corrected chi connectivity index (χ0v) is 14.1. The maximum Gasteiger partial charge on any atom is 0.254 e. The number of rotatable bonds is 6. The number of amides is 2. The fraction of sp³-hybridized carbons (Fsp3) is 0.647. The van der Waals surface area contributed by atoms with E-state index in [1.165, 1.54) is 0 Å². The number of hydrogen-bond acceptors (Lipinski definition) is 5. The Balaban J connectivity index is 1.48. The minimum atomic E-state index is -0.229. The average molecular weight is 331 g/mol. The Hall–Kier alpha value is -2.02. The number of nitrogens with one attached hydrogen (secondary N) is 1. The molecule has 1 unspecified atom stereocenters. The third-order valence-electron chi connectivity index (χ3n) is 4.81. The molecule has 0 radical (unpaired) electrons. The van der Waals surface area contributed by atoms with Gasteiger partial charge in [-0.05, 0) is 39.2 Å². The van der Waals surface area contributed by atoms with Crippen LogP contribution in [0.2, 0.25) is 0 Å². The van der Waals surface area contributed by atoms with Crippen LogP contribution in [0.5, 0.6) is 0 Å². The molecular weight excluding hydrogens is 306 g/mol. The molecule has 1 aliphatic carbocycles. The summed E-state index contributed by atoms with van der Waals surface area (Å²) in [5, 5.41) is 2.92. The van der Waals surface area contributed by atoms with Crippen LogP contribution in [0.25, 0.3) is 0 Å². The van der Waals surface area contributed by atoms with E-state index in [2.05, 4.69) is 20.2 Å². The van der Waals surface area contributed by atoms with E-state index >= 15 is 0 Å². The standard InChI is InChI=1S/C17H25N5O2/c1-11-14(9-20-16(21-11)12-4-5-12)17(24)19-6-8-22-7-2-3-13(10-22)15(18)23/h9,12-13H,2-8,10H2,1H3,(H2,18,23)(H,19,24). The third kappa shape index (κ3) is 4.08. The van der Waals surface area contributed by atoms with Crippen molar-refractivity contribution >= 4 is 11.8 Å². The summed E-state index contributed by atoms with van der Waals surface area (Å²) in [7, 11) is 0. The molecule has 1 aromatic rings. The van der Waals surface area contributed by atoms with Crippen molar-refractivity contribution in [1.29, 1.82) is 0 Å². The van der Waals surface area contributed by atoms with Gasteiger partial charge in [-0.3, -0.25) is 9.59 Å². The van der Waals surface area contributed by atoms with E-state index < -0.39 is 0 Å². The van der Waals surface area contributed by atoms with Crippen LogP contribution in [0, 0.1) is 12.8 Å². The van der Waals surface area contributed by atoms with Crippen LogP contribution in [-0.4, -0.2) is 52.9 Å². The van der Waals surface area contributed by atoms with Crippen molar-refractivity contribution in [3.8, 4) is 0 Å². The quantitative estimate of drug-likeness (QED) is 0.794. The van der Waals surface area contributed by atoms with Gasteiger partial charge in [0.15, 0.2) is 0 Å². The lowest BCUT2D eigenvalue weighted by atomic mass is 9.97. The highest BCUT2D eigenvalue weighted by Gasteiger charge is 2.27. The third-order valence-corrected chi connectivity index (χ3v) is 4.81. The van der Waals surface area contributed by atoms with Crippen LogP contribution < -0.4 is 11.1 Å². The van der Waals surface area contributed by atoms with Gasteiger partial charge in [0.2, 0.25) is 5.91 Å². The molecule has 130 valence electrons. The summed E-state index contributed by atoms with van der Waals surface area (Å²) in [4.78, 5) is 34.5. The number of aromatic nitrogens is 2. The lowest BCUT2D eigenvalue weighted by Crippen LogP contribution is -2.44. The monoisotopic (exact) mass is 331 g/mol. The minimum absolute atomic E-state index is 0.0694. The summed E-state index contributed by atoms with van der Waals surface area (Å²) in [6, 6.07) is 0. The molecule has 1 saturated carbocycles. The van der Waals surface area contributed by atoms with Gasteiger partial charge < -0.3 is 16.0 Å². The van der Waals surface area contributed by atoms with E-state index in [1.54, 1.807) is 6.20 Å². The molecule has 0 spiro atoms. The maximum atomic E-state index is 12.3. The molecule has 0 aromatic carbocycles. The predicted octanol–water partition coefficient (Wildman–Crippen LogP) is 0.590. The minimum Gasteiger partial charge on any atom is -0.369 e. The SMILES string of the molecule is Cc1nc(C2CC2)ncc1C(=O)NCCN1CCCC(C(N)=O)C1. The van der Waals surface area contributed by atoms with Gasteiger partial charge >= 0.3 is 0 Å². The van der Waals surface area contributed by atoms with Crippen LogP contribution in [0.1, 0.15) is 53.5 Å². The molecule has 24 heavy (non-hydrogen) atoms. The van der Waals surface area contributed by atoms with Crippen molar-refractivity contribution in [3.63, 3.8) is 0 Å². The second kappa shape index (κ2) is 7.25. The highest BCUT2D eigenvalue weighted by Crippen LogP contribution is 2.37. The number of primary amides is 1. The number of likely N-dealkylation sites (tertiary alicyclic amines) is 1. The van der Waals surface area contributed by atoms with Crippen LogP contribution in [0.4, 0.5) is 0 Å². The predicted molar refractivity (Wildman–Crippen MR) is 89.4 cm³/mol. The number of carbonyl (C=O) groups excluding carboxylic acids is 2. The summed E-state index contributed by atoms with van der Waals surface area (Å²) in [6.45, 7) is 4.73. The number of nitrogens with zero attached hydrogens (tertiary/aromatic N) is 3. The Kier molecular flexibility index (Phi) is 5.08. The van der Waals surface area contributed by atoms with E-state index in [9.17, 15) is 9.59 Å². The van der Waals surface area contributed by atoms with Gasteiger partial charge in [0.05, 0.1) is 17.2 Å². The Labute approximate surface area is 142 Å². The molecule has 1 aliphatic heterocycles. The first-order chi connectivity index (χ1) is 11.5. The molecule has 2 amide bonds. The fourth-order valence-corrected chi connectivity index (χ4v) is 3.16. The molecule has 3 N–H and O–H groups in total. The molecule has 1 saturated heterocycles. The van der Waals surface area contributed by atoms with Gasteiger partial charge in [-0.15, -0.1) is 0 Å². The van der Waals surface area contributed by atoms with Crippen molar-refractivity contribution in [2.24, 2.45) is 11.7 Å². The van der Waals surface area contributed by atoms with Crippen molar-refractivity contribution < 1.29 is 9.59 Å². The number of piperidine rings is 1. The van der Waals surface area contributed by atoms with Gasteiger partial charge in [-0.25, -0.2) is 9.97 Å². The van der Waals surface area contributed by atoms with Gasteiger partial charge in [-0.1, -0.05) is 0 Å². The van der Waals surface area contributed by atoms with E-state index in [-0.39, 0.29) is 17.7 Å². The smallest absolute Gasteiger partial charge is 0.254 e. The molecule has 3 rings (SSSR count). The van der Waals surface area contributed by atoms with Crippen molar-refractivity contribution in [1.82, 2.24) is 20.2 Å². The summed E-state index contributed by atoms with van der Waals surface area (Å²) >= 11 is 0. The summed E-state index contributed by atoms with van der Waals surface area (Å²) < 4.78 is 0.